The van der Waals surface area contributed by atoms with E-state index >= 15 is 0 Å². The van der Waals surface area contributed by atoms with Gasteiger partial charge in [-0.25, -0.2) is 5.43 Å². The van der Waals surface area contributed by atoms with E-state index in [0.29, 0.717) is 18.7 Å². The van der Waals surface area contributed by atoms with E-state index in [4.69, 9.17) is 0 Å². The highest BCUT2D eigenvalue weighted by atomic mass is 16.2. The quantitative estimate of drug-likeness (QED) is 0.376. The minimum absolute atomic E-state index is 0.111. The summed E-state index contributed by atoms with van der Waals surface area (Å²) in [4.78, 5) is 30.9. The largest absolute Gasteiger partial charge is 0.342 e. The highest BCUT2D eigenvalue weighted by Gasteiger charge is 2.28. The number of carbonyl (C=O) groups is 2. The van der Waals surface area contributed by atoms with E-state index in [-0.39, 0.29) is 17.7 Å². The molecule has 0 saturated carbocycles. The molecular weight excluding hydrogens is 352 g/mol. The normalized spacial score (nSPS) is 17.4. The Labute approximate surface area is 168 Å². The maximum absolute atomic E-state index is 12.5. The Morgan fingerprint density at radius 1 is 1.25 bits per heavy atom. The topological polar surface area (TPSA) is 74.7 Å². The number of hydrazone groups is 1. The Kier molecular flexibility index (Phi) is 9.66. The van der Waals surface area contributed by atoms with Crippen LogP contribution in [0.2, 0.25) is 0 Å². The van der Waals surface area contributed by atoms with Crippen LogP contribution in [-0.4, -0.2) is 40.5 Å². The minimum Gasteiger partial charge on any atom is -0.342 e. The molecule has 0 aromatic carbocycles. The van der Waals surface area contributed by atoms with Gasteiger partial charge in [0, 0.05) is 37.5 Å². The second kappa shape index (κ2) is 12.3. The van der Waals surface area contributed by atoms with Crippen LogP contribution in [-0.2, 0) is 9.59 Å². The van der Waals surface area contributed by atoms with Crippen LogP contribution in [0.3, 0.4) is 0 Å². The Morgan fingerprint density at radius 2 is 2.04 bits per heavy atom. The number of unbranched alkanes of at least 4 members (excludes halogenated alkanes) is 5. The average molecular weight is 387 g/mol. The fraction of sp³-hybridized carbons (Fsp3) is 0.636. The molecule has 1 aromatic heterocycles. The number of likely N-dealkylation sites (tertiary alicyclic amines) is 1. The zero-order chi connectivity index (χ0) is 20.2. The van der Waals surface area contributed by atoms with Gasteiger partial charge in [-0.15, -0.1) is 0 Å². The highest BCUT2D eigenvalue weighted by Crippen LogP contribution is 2.18. The molecule has 1 unspecified atom stereocenters. The molecule has 1 N–H and O–H groups in total. The van der Waals surface area contributed by atoms with Crippen molar-refractivity contribution in [2.45, 2.75) is 71.6 Å². The Morgan fingerprint density at radius 3 is 2.79 bits per heavy atom. The molecule has 0 bridgehead atoms. The zero-order valence-corrected chi connectivity index (χ0v) is 17.3. The molecule has 1 aliphatic heterocycles. The molecule has 2 rings (SSSR count). The summed E-state index contributed by atoms with van der Waals surface area (Å²) in [6, 6.07) is 3.74. The summed E-state index contributed by atoms with van der Waals surface area (Å²) in [7, 11) is 0. The Bertz CT molecular complexity index is 645. The number of rotatable bonds is 10. The average Bonchev–Trinajstić information content (AvgIpc) is 2.74. The van der Waals surface area contributed by atoms with Crippen molar-refractivity contribution < 1.29 is 9.59 Å². The van der Waals surface area contributed by atoms with Gasteiger partial charge in [-0.3, -0.25) is 14.6 Å². The second-order valence-electron chi connectivity index (χ2n) is 7.61. The molecule has 28 heavy (non-hydrogen) atoms. The van der Waals surface area contributed by atoms with Crippen LogP contribution in [0, 0.1) is 5.92 Å². The van der Waals surface area contributed by atoms with Gasteiger partial charge < -0.3 is 4.90 Å². The molecule has 0 aliphatic carbocycles. The van der Waals surface area contributed by atoms with Gasteiger partial charge in [-0.05, 0) is 32.3 Å². The van der Waals surface area contributed by atoms with Crippen LogP contribution in [0.25, 0.3) is 0 Å². The van der Waals surface area contributed by atoms with Crippen molar-refractivity contribution in [3.05, 3.63) is 30.1 Å². The summed E-state index contributed by atoms with van der Waals surface area (Å²) in [5, 5.41) is 4.20. The zero-order valence-electron chi connectivity index (χ0n) is 17.3. The van der Waals surface area contributed by atoms with Gasteiger partial charge in [0.2, 0.25) is 11.8 Å². The fourth-order valence-corrected chi connectivity index (χ4v) is 3.50. The number of piperidine rings is 1. The fourth-order valence-electron chi connectivity index (χ4n) is 3.50. The third-order valence-electron chi connectivity index (χ3n) is 5.30. The molecule has 2 heterocycles. The molecule has 6 nitrogen and oxygen atoms in total. The van der Waals surface area contributed by atoms with E-state index in [1.165, 1.54) is 25.7 Å². The molecule has 154 valence electrons. The molecule has 1 aliphatic rings. The lowest BCUT2D eigenvalue weighted by atomic mass is 9.97. The summed E-state index contributed by atoms with van der Waals surface area (Å²) < 4.78 is 0. The van der Waals surface area contributed by atoms with Crippen LogP contribution in [0.15, 0.2) is 29.6 Å². The molecule has 1 atom stereocenters. The lowest BCUT2D eigenvalue weighted by molar-refractivity contribution is -0.135. The molecule has 1 fully saturated rings. The first-order valence-corrected chi connectivity index (χ1v) is 10.6. The molecule has 0 spiro atoms. The number of amides is 2. The number of hydrogen-bond donors (Lipinski definition) is 1. The van der Waals surface area contributed by atoms with Crippen molar-refractivity contribution in [3.8, 4) is 0 Å². The van der Waals surface area contributed by atoms with Gasteiger partial charge in [0.1, 0.15) is 0 Å². The third kappa shape index (κ3) is 7.41. The van der Waals surface area contributed by atoms with Crippen LogP contribution in [0.1, 0.15) is 77.2 Å². The Hall–Kier alpha value is -2.24. The smallest absolute Gasteiger partial charge is 0.244 e. The molecule has 1 aromatic rings. The third-order valence-corrected chi connectivity index (χ3v) is 5.30. The van der Waals surface area contributed by atoms with Gasteiger partial charge in [0.05, 0.1) is 11.6 Å². The summed E-state index contributed by atoms with van der Waals surface area (Å²) in [5.41, 5.74) is 4.26. The summed E-state index contributed by atoms with van der Waals surface area (Å²) in [6.45, 7) is 5.31. The van der Waals surface area contributed by atoms with Gasteiger partial charge in [0.15, 0.2) is 0 Å². The highest BCUT2D eigenvalue weighted by molar-refractivity contribution is 5.99. The predicted octanol–water partition coefficient (Wildman–Crippen LogP) is 3.91. The summed E-state index contributed by atoms with van der Waals surface area (Å²) in [5.74, 6) is -0.115. The molecule has 0 radical (unpaired) electrons. The van der Waals surface area contributed by atoms with E-state index in [0.717, 1.165) is 37.8 Å². The molecular formula is C22H34N4O2. The van der Waals surface area contributed by atoms with Crippen molar-refractivity contribution in [2.75, 3.05) is 13.1 Å². The van der Waals surface area contributed by atoms with Gasteiger partial charge in [-0.1, -0.05) is 45.1 Å². The van der Waals surface area contributed by atoms with E-state index in [9.17, 15) is 9.59 Å². The predicted molar refractivity (Wildman–Crippen MR) is 112 cm³/mol. The van der Waals surface area contributed by atoms with Crippen LogP contribution < -0.4 is 5.43 Å². The summed E-state index contributed by atoms with van der Waals surface area (Å²) >= 11 is 0. The first kappa shape index (κ1) is 22.1. The maximum atomic E-state index is 12.5. The van der Waals surface area contributed by atoms with E-state index < -0.39 is 0 Å². The van der Waals surface area contributed by atoms with E-state index in [1.807, 2.05) is 24.0 Å². The number of aromatic nitrogens is 1. The van der Waals surface area contributed by atoms with Crippen molar-refractivity contribution in [1.29, 1.82) is 0 Å². The first-order valence-electron chi connectivity index (χ1n) is 10.6. The first-order chi connectivity index (χ1) is 13.6. The molecule has 1 saturated heterocycles. The van der Waals surface area contributed by atoms with E-state index in [2.05, 4.69) is 22.4 Å². The standard InChI is InChI=1S/C22H34N4O2/c1-3-4-5-6-7-8-13-21(27)26-15-10-12-20(17-26)22(28)25-24-18(2)19-11-9-14-23-16-19/h9,11,14,16,20H,3-8,10,12-13,15,17H2,1-2H3,(H,25,28)/b24-18-. The van der Waals surface area contributed by atoms with Crippen molar-refractivity contribution in [3.63, 3.8) is 0 Å². The SMILES string of the molecule is CCCCCCCCC(=O)N1CCCC(C(=O)N/N=C(/C)c2cccnc2)C1. The number of nitrogens with one attached hydrogen (secondary N) is 1. The number of pyridine rings is 1. The lowest BCUT2D eigenvalue weighted by Gasteiger charge is -2.31. The minimum atomic E-state index is -0.187. The van der Waals surface area contributed by atoms with Gasteiger partial charge in [0.25, 0.3) is 0 Å². The number of hydrogen-bond acceptors (Lipinski definition) is 4. The Balaban J connectivity index is 1.75. The number of nitrogens with zero attached hydrogens (tertiary/aromatic N) is 3. The van der Waals surface area contributed by atoms with Crippen molar-refractivity contribution in [2.24, 2.45) is 11.0 Å². The van der Waals surface area contributed by atoms with Crippen LogP contribution in [0.4, 0.5) is 0 Å². The molecule has 2 amide bonds. The second-order valence-corrected chi connectivity index (χ2v) is 7.61. The number of carbonyl (C=O) groups excluding carboxylic acids is 2. The lowest BCUT2D eigenvalue weighted by Crippen LogP contribution is -2.44. The van der Waals surface area contributed by atoms with E-state index in [1.54, 1.807) is 12.4 Å². The molecule has 6 heteroatoms. The van der Waals surface area contributed by atoms with Crippen molar-refractivity contribution in [1.82, 2.24) is 15.3 Å². The van der Waals surface area contributed by atoms with Crippen molar-refractivity contribution >= 4 is 17.5 Å². The van der Waals surface area contributed by atoms with Gasteiger partial charge in [-0.2, -0.15) is 5.10 Å². The van der Waals surface area contributed by atoms with Gasteiger partial charge >= 0.3 is 0 Å². The monoisotopic (exact) mass is 386 g/mol. The summed E-state index contributed by atoms with van der Waals surface area (Å²) in [6.07, 6.45) is 12.7. The van der Waals surface area contributed by atoms with Crippen LogP contribution >= 0.6 is 0 Å². The van der Waals surface area contributed by atoms with Crippen LogP contribution in [0.5, 0.6) is 0 Å². The maximum Gasteiger partial charge on any atom is 0.244 e.